The number of ether oxygens (including phenoxy) is 1. The third-order valence-electron chi connectivity index (χ3n) is 4.18. The Morgan fingerprint density at radius 2 is 1.96 bits per heavy atom. The molecule has 2 atom stereocenters. The van der Waals surface area contributed by atoms with Gasteiger partial charge in [-0.15, -0.1) is 0 Å². The lowest BCUT2D eigenvalue weighted by molar-refractivity contribution is -0.142. The van der Waals surface area contributed by atoms with E-state index < -0.39 is 29.6 Å². The molecule has 0 aromatic carbocycles. The van der Waals surface area contributed by atoms with Gasteiger partial charge in [0.15, 0.2) is 5.78 Å². The lowest BCUT2D eigenvalue weighted by Gasteiger charge is -2.37. The fraction of sp³-hybridized carbons (Fsp3) is 0.833. The van der Waals surface area contributed by atoms with Crippen LogP contribution in [-0.4, -0.2) is 59.1 Å². The Labute approximate surface area is 150 Å². The van der Waals surface area contributed by atoms with Crippen molar-refractivity contribution in [2.75, 3.05) is 19.6 Å². The van der Waals surface area contributed by atoms with E-state index in [1.165, 1.54) is 4.90 Å². The van der Waals surface area contributed by atoms with Crippen molar-refractivity contribution in [1.82, 2.24) is 10.2 Å². The molecule has 25 heavy (non-hydrogen) atoms. The molecule has 144 valence electrons. The number of unbranched alkanes of at least 4 members (excludes halogenated alkanes) is 2. The Bertz CT molecular complexity index is 473. The van der Waals surface area contributed by atoms with Crippen LogP contribution < -0.4 is 5.32 Å². The second-order valence-corrected chi connectivity index (χ2v) is 7.59. The van der Waals surface area contributed by atoms with Crippen LogP contribution >= 0.6 is 0 Å². The van der Waals surface area contributed by atoms with E-state index in [0.29, 0.717) is 26.1 Å². The molecular formula is C18H32N2O5. The van der Waals surface area contributed by atoms with Crippen LogP contribution in [0, 0.1) is 5.92 Å². The number of hydrogen-bond donors (Lipinski definition) is 2. The highest BCUT2D eigenvalue weighted by molar-refractivity contribution is 5.91. The maximum atomic E-state index is 13.0. The summed E-state index contributed by atoms with van der Waals surface area (Å²) in [6, 6.07) is -0.672. The normalized spacial score (nSPS) is 19.4. The average Bonchev–Trinajstić information content (AvgIpc) is 2.51. The zero-order valence-electron chi connectivity index (χ0n) is 15.8. The molecule has 1 fully saturated rings. The molecule has 7 heteroatoms. The molecule has 1 heterocycles. The van der Waals surface area contributed by atoms with Crippen molar-refractivity contribution >= 4 is 17.8 Å². The smallest absolute Gasteiger partial charge is 0.410 e. The Hall–Kier alpha value is -1.63. The summed E-state index contributed by atoms with van der Waals surface area (Å²) in [5.74, 6) is -1.74. The van der Waals surface area contributed by atoms with Gasteiger partial charge in [-0.1, -0.05) is 26.2 Å². The summed E-state index contributed by atoms with van der Waals surface area (Å²) >= 11 is 0. The van der Waals surface area contributed by atoms with Crippen LogP contribution in [0.3, 0.4) is 0 Å². The number of carbonyl (C=O) groups excluding carboxylic acids is 2. The quantitative estimate of drug-likeness (QED) is 0.649. The number of carboxylic acids is 1. The maximum absolute atomic E-state index is 13.0. The minimum atomic E-state index is -0.984. The van der Waals surface area contributed by atoms with Gasteiger partial charge < -0.3 is 15.2 Å². The highest BCUT2D eigenvalue weighted by Crippen LogP contribution is 2.21. The standard InChI is InChI=1S/C18H32N2O5/c1-5-6-7-8-13(11-15(21)22)16(23)14-12-19-9-10-20(14)17(24)25-18(2,3)4/h13-14,19H,5-12H2,1-4H3,(H,21,22)/t13-,14-/m1/s1. The van der Waals surface area contributed by atoms with Crippen LogP contribution in [0.5, 0.6) is 0 Å². The number of hydrogen-bond acceptors (Lipinski definition) is 5. The first-order valence-corrected chi connectivity index (χ1v) is 9.11. The summed E-state index contributed by atoms with van der Waals surface area (Å²) in [7, 11) is 0. The van der Waals surface area contributed by atoms with Crippen LogP contribution in [0.2, 0.25) is 0 Å². The van der Waals surface area contributed by atoms with Gasteiger partial charge in [0.1, 0.15) is 11.6 Å². The van der Waals surface area contributed by atoms with Crippen molar-refractivity contribution in [2.45, 2.75) is 71.4 Å². The molecular weight excluding hydrogens is 324 g/mol. The number of carbonyl (C=O) groups is 3. The van der Waals surface area contributed by atoms with E-state index in [-0.39, 0.29) is 12.2 Å². The SMILES string of the molecule is CCCCC[C@H](CC(=O)O)C(=O)[C@H]1CNCCN1C(=O)OC(C)(C)C. The van der Waals surface area contributed by atoms with Crippen LogP contribution in [0.15, 0.2) is 0 Å². The first-order valence-electron chi connectivity index (χ1n) is 9.11. The van der Waals surface area contributed by atoms with Crippen molar-refractivity contribution in [3.8, 4) is 0 Å². The lowest BCUT2D eigenvalue weighted by atomic mass is 9.88. The monoisotopic (exact) mass is 356 g/mol. The van der Waals surface area contributed by atoms with Crippen molar-refractivity contribution in [3.05, 3.63) is 0 Å². The zero-order chi connectivity index (χ0) is 19.0. The summed E-state index contributed by atoms with van der Waals surface area (Å²) in [5.41, 5.74) is -0.642. The number of piperazine rings is 1. The highest BCUT2D eigenvalue weighted by atomic mass is 16.6. The van der Waals surface area contributed by atoms with E-state index in [9.17, 15) is 14.4 Å². The zero-order valence-corrected chi connectivity index (χ0v) is 15.8. The Morgan fingerprint density at radius 1 is 1.28 bits per heavy atom. The first-order chi connectivity index (χ1) is 11.7. The number of amides is 1. The highest BCUT2D eigenvalue weighted by Gasteiger charge is 2.38. The molecule has 1 aliphatic heterocycles. The predicted octanol–water partition coefficient (Wildman–Crippen LogP) is 2.44. The van der Waals surface area contributed by atoms with Crippen LogP contribution in [0.4, 0.5) is 4.79 Å². The summed E-state index contributed by atoms with van der Waals surface area (Å²) in [5, 5.41) is 12.3. The summed E-state index contributed by atoms with van der Waals surface area (Å²) in [6.07, 6.45) is 2.60. The molecule has 1 aliphatic rings. The molecule has 1 amide bonds. The van der Waals surface area contributed by atoms with Gasteiger partial charge in [0.2, 0.25) is 0 Å². The molecule has 0 aromatic heterocycles. The molecule has 1 rings (SSSR count). The summed E-state index contributed by atoms with van der Waals surface area (Å²) in [6.45, 7) is 8.69. The molecule has 2 N–H and O–H groups in total. The van der Waals surface area contributed by atoms with Crippen LogP contribution in [-0.2, 0) is 14.3 Å². The minimum Gasteiger partial charge on any atom is -0.481 e. The molecule has 0 saturated carbocycles. The van der Waals surface area contributed by atoms with Crippen LogP contribution in [0.25, 0.3) is 0 Å². The van der Waals surface area contributed by atoms with Gasteiger partial charge in [0, 0.05) is 25.6 Å². The number of aliphatic carboxylic acids is 1. The van der Waals surface area contributed by atoms with Crippen molar-refractivity contribution in [2.24, 2.45) is 5.92 Å². The van der Waals surface area contributed by atoms with Gasteiger partial charge in [0.25, 0.3) is 0 Å². The van der Waals surface area contributed by atoms with Crippen molar-refractivity contribution in [1.29, 1.82) is 0 Å². The molecule has 0 unspecified atom stereocenters. The van der Waals surface area contributed by atoms with Gasteiger partial charge in [-0.2, -0.15) is 0 Å². The molecule has 0 bridgehead atoms. The van der Waals surface area contributed by atoms with E-state index in [2.05, 4.69) is 12.2 Å². The van der Waals surface area contributed by atoms with E-state index >= 15 is 0 Å². The molecule has 0 aliphatic carbocycles. The van der Waals surface area contributed by atoms with Crippen molar-refractivity contribution < 1.29 is 24.2 Å². The van der Waals surface area contributed by atoms with Gasteiger partial charge in [0.05, 0.1) is 6.42 Å². The van der Waals surface area contributed by atoms with E-state index in [0.717, 1.165) is 19.3 Å². The second kappa shape index (κ2) is 9.75. The van der Waals surface area contributed by atoms with Gasteiger partial charge >= 0.3 is 12.1 Å². The third kappa shape index (κ3) is 7.42. The molecule has 1 saturated heterocycles. The molecule has 0 radical (unpaired) electrons. The topological polar surface area (TPSA) is 95.9 Å². The number of carboxylic acid groups (broad SMARTS) is 1. The number of Topliss-reactive ketones (excluding diaryl/α,β-unsaturated/α-hetero) is 1. The fourth-order valence-corrected chi connectivity index (χ4v) is 2.97. The minimum absolute atomic E-state index is 0.184. The fourth-order valence-electron chi connectivity index (χ4n) is 2.97. The number of ketones is 1. The largest absolute Gasteiger partial charge is 0.481 e. The predicted molar refractivity (Wildman–Crippen MR) is 94.5 cm³/mol. The van der Waals surface area contributed by atoms with Crippen molar-refractivity contribution in [3.63, 3.8) is 0 Å². The number of nitrogens with one attached hydrogen (secondary N) is 1. The van der Waals surface area contributed by atoms with E-state index in [1.807, 2.05) is 0 Å². The first kappa shape index (κ1) is 21.4. The summed E-state index contributed by atoms with van der Waals surface area (Å²) in [4.78, 5) is 38.0. The average molecular weight is 356 g/mol. The van der Waals surface area contributed by atoms with Gasteiger partial charge in [-0.05, 0) is 27.2 Å². The summed E-state index contributed by atoms with van der Waals surface area (Å²) < 4.78 is 5.41. The lowest BCUT2D eigenvalue weighted by Crippen LogP contribution is -2.59. The Kier molecular flexibility index (Phi) is 8.35. The molecule has 7 nitrogen and oxygen atoms in total. The second-order valence-electron chi connectivity index (χ2n) is 7.59. The molecule has 0 aromatic rings. The number of rotatable bonds is 8. The van der Waals surface area contributed by atoms with E-state index in [1.54, 1.807) is 20.8 Å². The third-order valence-corrected chi connectivity index (χ3v) is 4.18. The van der Waals surface area contributed by atoms with Gasteiger partial charge in [-0.3, -0.25) is 14.5 Å². The van der Waals surface area contributed by atoms with Crippen LogP contribution in [0.1, 0.15) is 59.8 Å². The Balaban J connectivity index is 2.86. The van der Waals surface area contributed by atoms with E-state index in [4.69, 9.17) is 9.84 Å². The Morgan fingerprint density at radius 3 is 2.52 bits per heavy atom. The number of nitrogens with zero attached hydrogens (tertiary/aromatic N) is 1. The van der Waals surface area contributed by atoms with Gasteiger partial charge in [-0.25, -0.2) is 4.79 Å². The molecule has 0 spiro atoms. The maximum Gasteiger partial charge on any atom is 0.410 e.